The van der Waals surface area contributed by atoms with Crippen LogP contribution in [0.5, 0.6) is 0 Å². The zero-order chi connectivity index (χ0) is 13.1. The van der Waals surface area contributed by atoms with Crippen LogP contribution in [-0.4, -0.2) is 15.0 Å². The minimum atomic E-state index is 0.392. The van der Waals surface area contributed by atoms with Gasteiger partial charge in [-0.15, -0.1) is 0 Å². The van der Waals surface area contributed by atoms with Crippen LogP contribution >= 0.6 is 0 Å². The summed E-state index contributed by atoms with van der Waals surface area (Å²) < 4.78 is 0. The zero-order valence-electron chi connectivity index (χ0n) is 11.2. The third kappa shape index (κ3) is 2.47. The Labute approximate surface area is 108 Å². The Bertz CT molecular complexity index is 549. The van der Waals surface area contributed by atoms with Gasteiger partial charge in [-0.05, 0) is 31.9 Å². The second-order valence-corrected chi connectivity index (χ2v) is 4.65. The summed E-state index contributed by atoms with van der Waals surface area (Å²) >= 11 is 0. The molecule has 0 spiro atoms. The first kappa shape index (κ1) is 12.5. The first-order chi connectivity index (χ1) is 8.59. The Kier molecular flexibility index (Phi) is 3.55. The molecule has 0 saturated carbocycles. The number of hydrogen-bond donors (Lipinski definition) is 1. The van der Waals surface area contributed by atoms with Crippen LogP contribution in [0.2, 0.25) is 0 Å². The lowest BCUT2D eigenvalue weighted by molar-refractivity contribution is 0.803. The third-order valence-corrected chi connectivity index (χ3v) is 2.93. The Morgan fingerprint density at radius 2 is 1.89 bits per heavy atom. The van der Waals surface area contributed by atoms with Crippen molar-refractivity contribution < 1.29 is 0 Å². The highest BCUT2D eigenvalue weighted by atomic mass is 15.0. The molecule has 0 aliphatic carbocycles. The van der Waals surface area contributed by atoms with Gasteiger partial charge in [0.05, 0.1) is 17.1 Å². The molecule has 0 fully saturated rings. The predicted octanol–water partition coefficient (Wildman–Crippen LogP) is 3.36. The first-order valence-electron chi connectivity index (χ1n) is 6.09. The fourth-order valence-electron chi connectivity index (χ4n) is 1.92. The van der Waals surface area contributed by atoms with Crippen molar-refractivity contribution in [3.63, 3.8) is 0 Å². The van der Waals surface area contributed by atoms with Crippen LogP contribution in [-0.2, 0) is 0 Å². The van der Waals surface area contributed by atoms with E-state index < -0.39 is 0 Å². The number of aromatic nitrogens is 3. The van der Waals surface area contributed by atoms with Crippen molar-refractivity contribution in [2.45, 2.75) is 33.6 Å². The summed E-state index contributed by atoms with van der Waals surface area (Å²) in [5.41, 5.74) is 4.11. The van der Waals surface area contributed by atoms with E-state index in [1.807, 2.05) is 26.0 Å². The quantitative estimate of drug-likeness (QED) is 0.896. The number of hydrogen-bond acceptors (Lipinski definition) is 4. The molecule has 0 saturated heterocycles. The topological polar surface area (TPSA) is 50.7 Å². The molecule has 0 radical (unpaired) electrons. The van der Waals surface area contributed by atoms with E-state index in [1.165, 1.54) is 0 Å². The van der Waals surface area contributed by atoms with Crippen LogP contribution in [0, 0.1) is 13.8 Å². The van der Waals surface area contributed by atoms with Gasteiger partial charge in [0.1, 0.15) is 12.1 Å². The van der Waals surface area contributed by atoms with Crippen LogP contribution in [0.15, 0.2) is 24.7 Å². The number of rotatable bonds is 3. The van der Waals surface area contributed by atoms with Crippen molar-refractivity contribution in [2.75, 3.05) is 5.32 Å². The summed E-state index contributed by atoms with van der Waals surface area (Å²) in [7, 11) is 0. The molecule has 2 aromatic rings. The van der Waals surface area contributed by atoms with Crippen LogP contribution < -0.4 is 5.32 Å². The average molecular weight is 242 g/mol. The van der Waals surface area contributed by atoms with E-state index >= 15 is 0 Å². The molecule has 2 aromatic heterocycles. The van der Waals surface area contributed by atoms with Gasteiger partial charge in [-0.2, -0.15) is 0 Å². The average Bonchev–Trinajstić information content (AvgIpc) is 2.34. The number of aryl methyl sites for hydroxylation is 1. The molecular formula is C14H18N4. The van der Waals surface area contributed by atoms with E-state index in [9.17, 15) is 0 Å². The molecule has 4 heteroatoms. The van der Waals surface area contributed by atoms with Gasteiger partial charge in [0.15, 0.2) is 0 Å². The van der Waals surface area contributed by atoms with Crippen molar-refractivity contribution in [1.29, 1.82) is 0 Å². The largest absolute Gasteiger partial charge is 0.338 e. The highest BCUT2D eigenvalue weighted by molar-refractivity contribution is 5.61. The fourth-order valence-corrected chi connectivity index (χ4v) is 1.92. The second-order valence-electron chi connectivity index (χ2n) is 4.65. The number of nitrogens with zero attached hydrogens (tertiary/aromatic N) is 3. The Morgan fingerprint density at radius 1 is 1.11 bits per heavy atom. The summed E-state index contributed by atoms with van der Waals surface area (Å²) in [6, 6.07) is 3.91. The molecule has 1 N–H and O–H groups in total. The summed E-state index contributed by atoms with van der Waals surface area (Å²) in [4.78, 5) is 12.9. The Balaban J connectivity index is 2.36. The van der Waals surface area contributed by atoms with Gasteiger partial charge in [-0.1, -0.05) is 13.8 Å². The molecular weight excluding hydrogens is 224 g/mol. The van der Waals surface area contributed by atoms with E-state index in [2.05, 4.69) is 34.1 Å². The second kappa shape index (κ2) is 5.12. The SMILES string of the molecule is Cc1ncccc1Nc1ncnc(C(C)C)c1C. The fraction of sp³-hybridized carbons (Fsp3) is 0.357. The highest BCUT2D eigenvalue weighted by Gasteiger charge is 2.10. The van der Waals surface area contributed by atoms with Crippen molar-refractivity contribution in [1.82, 2.24) is 15.0 Å². The van der Waals surface area contributed by atoms with Crippen molar-refractivity contribution in [2.24, 2.45) is 0 Å². The van der Waals surface area contributed by atoms with Gasteiger partial charge in [-0.3, -0.25) is 4.98 Å². The molecule has 4 nitrogen and oxygen atoms in total. The smallest absolute Gasteiger partial charge is 0.137 e. The van der Waals surface area contributed by atoms with Gasteiger partial charge in [0.2, 0.25) is 0 Å². The maximum Gasteiger partial charge on any atom is 0.137 e. The summed E-state index contributed by atoms with van der Waals surface area (Å²) in [5.74, 6) is 1.24. The normalized spacial score (nSPS) is 10.7. The Hall–Kier alpha value is -1.97. The summed E-state index contributed by atoms with van der Waals surface area (Å²) in [6.45, 7) is 8.29. The maximum atomic E-state index is 4.34. The number of nitrogens with one attached hydrogen (secondary N) is 1. The molecule has 18 heavy (non-hydrogen) atoms. The van der Waals surface area contributed by atoms with E-state index in [1.54, 1.807) is 12.5 Å². The lowest BCUT2D eigenvalue weighted by Gasteiger charge is -2.14. The van der Waals surface area contributed by atoms with Crippen molar-refractivity contribution in [3.8, 4) is 0 Å². The molecule has 2 rings (SSSR count). The van der Waals surface area contributed by atoms with Gasteiger partial charge in [0.25, 0.3) is 0 Å². The molecule has 0 aromatic carbocycles. The minimum Gasteiger partial charge on any atom is -0.338 e. The van der Waals surface area contributed by atoms with Crippen LogP contribution in [0.4, 0.5) is 11.5 Å². The zero-order valence-corrected chi connectivity index (χ0v) is 11.2. The Morgan fingerprint density at radius 3 is 2.56 bits per heavy atom. The molecule has 94 valence electrons. The van der Waals surface area contributed by atoms with E-state index in [0.29, 0.717) is 5.92 Å². The minimum absolute atomic E-state index is 0.392. The third-order valence-electron chi connectivity index (χ3n) is 2.93. The molecule has 0 amide bonds. The van der Waals surface area contributed by atoms with Gasteiger partial charge < -0.3 is 5.32 Å². The van der Waals surface area contributed by atoms with Crippen LogP contribution in [0.1, 0.15) is 36.7 Å². The molecule has 2 heterocycles. The monoisotopic (exact) mass is 242 g/mol. The van der Waals surface area contributed by atoms with E-state index in [4.69, 9.17) is 0 Å². The van der Waals surface area contributed by atoms with Crippen molar-refractivity contribution >= 4 is 11.5 Å². The number of pyridine rings is 1. The lowest BCUT2D eigenvalue weighted by atomic mass is 10.1. The van der Waals surface area contributed by atoms with Crippen LogP contribution in [0.3, 0.4) is 0 Å². The molecule has 0 bridgehead atoms. The van der Waals surface area contributed by atoms with Gasteiger partial charge in [-0.25, -0.2) is 9.97 Å². The van der Waals surface area contributed by atoms with Gasteiger partial charge >= 0.3 is 0 Å². The number of anilines is 2. The highest BCUT2D eigenvalue weighted by Crippen LogP contribution is 2.24. The molecule has 0 unspecified atom stereocenters. The summed E-state index contributed by atoms with van der Waals surface area (Å²) in [5, 5.41) is 3.32. The molecule has 0 aliphatic rings. The molecule has 0 atom stereocenters. The lowest BCUT2D eigenvalue weighted by Crippen LogP contribution is -2.04. The van der Waals surface area contributed by atoms with E-state index in [-0.39, 0.29) is 0 Å². The summed E-state index contributed by atoms with van der Waals surface area (Å²) in [6.07, 6.45) is 3.39. The standard InChI is InChI=1S/C14H18N4/c1-9(2)13-10(3)14(17-8-16-13)18-12-6-5-7-15-11(12)4/h5-9H,1-4H3,(H,16,17,18). The van der Waals surface area contributed by atoms with Gasteiger partial charge in [0, 0.05) is 11.8 Å². The van der Waals surface area contributed by atoms with Crippen LogP contribution in [0.25, 0.3) is 0 Å². The maximum absolute atomic E-state index is 4.34. The predicted molar refractivity (Wildman–Crippen MR) is 73.1 cm³/mol. The van der Waals surface area contributed by atoms with Crippen molar-refractivity contribution in [3.05, 3.63) is 41.6 Å². The van der Waals surface area contributed by atoms with E-state index in [0.717, 1.165) is 28.5 Å². The first-order valence-corrected chi connectivity index (χ1v) is 6.09. The molecule has 0 aliphatic heterocycles.